The number of fused-ring (bicyclic) bond motifs is 2. The lowest BCUT2D eigenvalue weighted by molar-refractivity contribution is 0.196. The van der Waals surface area contributed by atoms with Crippen molar-refractivity contribution in [3.05, 3.63) is 40.9 Å². The first-order chi connectivity index (χ1) is 16.2. The van der Waals surface area contributed by atoms with E-state index in [4.69, 9.17) is 22.1 Å². The Labute approximate surface area is 196 Å². The van der Waals surface area contributed by atoms with Gasteiger partial charge in [-0.05, 0) is 30.0 Å². The fourth-order valence-electron chi connectivity index (χ4n) is 4.21. The summed E-state index contributed by atoms with van der Waals surface area (Å²) in [5, 5.41) is 10.1. The predicted molar refractivity (Wildman–Crippen MR) is 121 cm³/mol. The molecule has 12 heteroatoms. The molecule has 1 aliphatic heterocycles. The molecule has 2 atom stereocenters. The first-order valence-electron chi connectivity index (χ1n) is 10.3. The summed E-state index contributed by atoms with van der Waals surface area (Å²) in [6, 6.07) is 1.42. The van der Waals surface area contributed by atoms with Crippen LogP contribution in [0.25, 0.3) is 21.9 Å². The molecule has 0 saturated heterocycles. The fourth-order valence-corrected chi connectivity index (χ4v) is 4.47. The van der Waals surface area contributed by atoms with Crippen molar-refractivity contribution in [2.24, 2.45) is 5.73 Å². The van der Waals surface area contributed by atoms with Gasteiger partial charge in [0.2, 0.25) is 5.88 Å². The molecule has 2 aromatic heterocycles. The van der Waals surface area contributed by atoms with Crippen LogP contribution in [-0.2, 0) is 0 Å². The summed E-state index contributed by atoms with van der Waals surface area (Å²) in [6.07, 6.45) is 0.456. The molecule has 3 amide bonds. The topological polar surface area (TPSA) is 122 Å². The predicted octanol–water partition coefficient (Wildman–Crippen LogP) is 4.27. The van der Waals surface area contributed by atoms with E-state index in [1.807, 2.05) is 0 Å². The van der Waals surface area contributed by atoms with Crippen LogP contribution in [0.4, 0.5) is 29.9 Å². The Morgan fingerprint density at radius 1 is 1.29 bits per heavy atom. The Bertz CT molecular complexity index is 1370. The molecule has 3 aromatic rings. The molecule has 0 unspecified atom stereocenters. The minimum absolute atomic E-state index is 0.0683. The van der Waals surface area contributed by atoms with Crippen molar-refractivity contribution in [1.29, 1.82) is 0 Å². The zero-order chi connectivity index (χ0) is 24.3. The lowest BCUT2D eigenvalue weighted by Crippen LogP contribution is -2.39. The standard InChI is InChI=1S/C22H18ClF2N5O4/c1-9-12(7-28-20-19(9)29(22(32)33)2-3-34-20)11-4-10-5-16(27-8-13(10)17(23)18(11)25)30(21(26)31)15-6-14(15)24/h4-5,7-8,14-15H,2-3,6H2,1H3,(H2,26,31)(H,32,33)/t14-,15+/m0/s1. The molecule has 0 radical (unpaired) electrons. The number of anilines is 2. The molecule has 9 nitrogen and oxygen atoms in total. The van der Waals surface area contributed by atoms with Crippen LogP contribution in [0.15, 0.2) is 24.5 Å². The van der Waals surface area contributed by atoms with Crippen LogP contribution in [0, 0.1) is 12.7 Å². The van der Waals surface area contributed by atoms with Crippen LogP contribution in [0.1, 0.15) is 12.0 Å². The minimum atomic E-state index is -1.19. The van der Waals surface area contributed by atoms with Crippen molar-refractivity contribution in [1.82, 2.24) is 9.97 Å². The normalized spacial score (nSPS) is 18.9. The maximum atomic E-state index is 15.4. The number of urea groups is 1. The van der Waals surface area contributed by atoms with Gasteiger partial charge in [-0.3, -0.25) is 9.80 Å². The zero-order valence-electron chi connectivity index (χ0n) is 17.8. The molecule has 5 rings (SSSR count). The molecule has 1 fully saturated rings. The first-order valence-corrected chi connectivity index (χ1v) is 10.7. The molecule has 0 spiro atoms. The number of ether oxygens (including phenoxy) is 1. The lowest BCUT2D eigenvalue weighted by atomic mass is 9.97. The third kappa shape index (κ3) is 3.43. The number of halogens is 3. The summed E-state index contributed by atoms with van der Waals surface area (Å²) >= 11 is 6.32. The summed E-state index contributed by atoms with van der Waals surface area (Å²) < 4.78 is 34.5. The van der Waals surface area contributed by atoms with Gasteiger partial charge in [-0.15, -0.1) is 0 Å². The Hall–Kier alpha value is -3.73. The number of carbonyl (C=O) groups is 2. The highest BCUT2D eigenvalue weighted by atomic mass is 35.5. The molecule has 3 N–H and O–H groups in total. The molecule has 1 aliphatic carbocycles. The quantitative estimate of drug-likeness (QED) is 0.566. The Balaban J connectivity index is 1.67. The van der Waals surface area contributed by atoms with Crippen LogP contribution in [0.5, 0.6) is 5.88 Å². The Morgan fingerprint density at radius 3 is 2.68 bits per heavy atom. The van der Waals surface area contributed by atoms with E-state index in [-0.39, 0.29) is 52.9 Å². The number of nitrogens with zero attached hydrogens (tertiary/aromatic N) is 4. The zero-order valence-corrected chi connectivity index (χ0v) is 18.5. The van der Waals surface area contributed by atoms with Crippen LogP contribution in [0.2, 0.25) is 5.02 Å². The van der Waals surface area contributed by atoms with Gasteiger partial charge in [0.05, 0.1) is 17.6 Å². The van der Waals surface area contributed by atoms with Gasteiger partial charge in [0, 0.05) is 35.3 Å². The number of nitrogens with two attached hydrogens (primary N) is 1. The number of benzene rings is 1. The number of primary amides is 1. The number of carboxylic acid groups (broad SMARTS) is 1. The molecule has 2 aliphatic rings. The van der Waals surface area contributed by atoms with E-state index in [1.54, 1.807) is 6.92 Å². The average Bonchev–Trinajstić information content (AvgIpc) is 3.51. The molecule has 1 aromatic carbocycles. The number of rotatable bonds is 3. The van der Waals surface area contributed by atoms with Gasteiger partial charge in [-0.1, -0.05) is 11.6 Å². The smallest absolute Gasteiger partial charge is 0.412 e. The van der Waals surface area contributed by atoms with E-state index in [0.717, 1.165) is 9.80 Å². The third-order valence-electron chi connectivity index (χ3n) is 6.00. The van der Waals surface area contributed by atoms with Crippen molar-refractivity contribution in [2.45, 2.75) is 25.6 Å². The summed E-state index contributed by atoms with van der Waals surface area (Å²) in [4.78, 5) is 34.1. The van der Waals surface area contributed by atoms with Gasteiger partial charge in [0.25, 0.3) is 0 Å². The number of hydrogen-bond donors (Lipinski definition) is 2. The average molecular weight is 490 g/mol. The summed E-state index contributed by atoms with van der Waals surface area (Å²) in [7, 11) is 0. The fraction of sp³-hybridized carbons (Fsp3) is 0.273. The number of hydrogen-bond acceptors (Lipinski definition) is 5. The highest BCUT2D eigenvalue weighted by molar-refractivity contribution is 6.36. The molecule has 3 heterocycles. The number of carbonyl (C=O) groups excluding carboxylic acids is 1. The molecular formula is C22H18ClF2N5O4. The van der Waals surface area contributed by atoms with Gasteiger partial charge in [0.1, 0.15) is 30.1 Å². The van der Waals surface area contributed by atoms with E-state index < -0.39 is 30.2 Å². The van der Waals surface area contributed by atoms with E-state index in [9.17, 15) is 19.1 Å². The minimum Gasteiger partial charge on any atom is -0.474 e. The van der Waals surface area contributed by atoms with E-state index in [1.165, 1.54) is 24.5 Å². The maximum Gasteiger partial charge on any atom is 0.412 e. The largest absolute Gasteiger partial charge is 0.474 e. The van der Waals surface area contributed by atoms with Crippen molar-refractivity contribution >= 4 is 46.0 Å². The lowest BCUT2D eigenvalue weighted by Gasteiger charge is -2.28. The molecular weight excluding hydrogens is 472 g/mol. The van der Waals surface area contributed by atoms with Crippen LogP contribution in [-0.4, -0.2) is 52.6 Å². The van der Waals surface area contributed by atoms with Crippen molar-refractivity contribution in [3.8, 4) is 17.0 Å². The highest BCUT2D eigenvalue weighted by Gasteiger charge is 2.45. The molecule has 0 bridgehead atoms. The second-order valence-corrected chi connectivity index (χ2v) is 8.45. The molecule has 34 heavy (non-hydrogen) atoms. The van der Waals surface area contributed by atoms with Gasteiger partial charge < -0.3 is 15.6 Å². The Morgan fingerprint density at radius 2 is 2.03 bits per heavy atom. The van der Waals surface area contributed by atoms with Crippen molar-refractivity contribution < 1.29 is 28.2 Å². The van der Waals surface area contributed by atoms with Gasteiger partial charge in [0.15, 0.2) is 0 Å². The van der Waals surface area contributed by atoms with Gasteiger partial charge >= 0.3 is 12.1 Å². The van der Waals surface area contributed by atoms with E-state index >= 15 is 4.39 Å². The summed E-state index contributed by atoms with van der Waals surface area (Å²) in [5.74, 6) is -0.495. The van der Waals surface area contributed by atoms with Crippen LogP contribution < -0.4 is 20.3 Å². The van der Waals surface area contributed by atoms with E-state index in [2.05, 4.69) is 9.97 Å². The van der Waals surface area contributed by atoms with E-state index in [0.29, 0.717) is 16.5 Å². The first kappa shape index (κ1) is 22.1. The highest BCUT2D eigenvalue weighted by Crippen LogP contribution is 2.42. The second kappa shape index (κ2) is 7.94. The number of amides is 3. The summed E-state index contributed by atoms with van der Waals surface area (Å²) in [5.41, 5.74) is 6.48. The number of aromatic nitrogens is 2. The molecule has 1 saturated carbocycles. The van der Waals surface area contributed by atoms with Gasteiger partial charge in [-0.25, -0.2) is 28.3 Å². The van der Waals surface area contributed by atoms with Crippen LogP contribution >= 0.6 is 11.6 Å². The monoisotopic (exact) mass is 489 g/mol. The third-order valence-corrected chi connectivity index (χ3v) is 6.37. The Kier molecular flexibility index (Phi) is 5.16. The number of alkyl halides is 1. The second-order valence-electron chi connectivity index (χ2n) is 8.08. The maximum absolute atomic E-state index is 15.4. The van der Waals surface area contributed by atoms with Crippen molar-refractivity contribution in [2.75, 3.05) is 23.0 Å². The van der Waals surface area contributed by atoms with Crippen LogP contribution in [0.3, 0.4) is 0 Å². The number of pyridine rings is 2. The van der Waals surface area contributed by atoms with Gasteiger partial charge in [-0.2, -0.15) is 0 Å². The summed E-state index contributed by atoms with van der Waals surface area (Å²) in [6.45, 7) is 1.89. The SMILES string of the molecule is Cc1c(-c2cc3cc(N(C(N)=O)[C@@H]4C[C@@H]4F)ncc3c(Cl)c2F)cnc2c1N(C(=O)O)CCO2. The van der Waals surface area contributed by atoms with Crippen molar-refractivity contribution in [3.63, 3.8) is 0 Å². The molecule has 176 valence electrons.